The molecule has 2 aromatic carbocycles. The molecule has 1 heterocycles. The Morgan fingerprint density at radius 1 is 0.889 bits per heavy atom. The zero-order chi connectivity index (χ0) is 19.1. The highest BCUT2D eigenvalue weighted by molar-refractivity contribution is 5.94. The predicted molar refractivity (Wildman–Crippen MR) is 105 cm³/mol. The van der Waals surface area contributed by atoms with Gasteiger partial charge in [-0.15, -0.1) is 0 Å². The molecule has 144 valence electrons. The fourth-order valence-electron chi connectivity index (χ4n) is 3.36. The van der Waals surface area contributed by atoms with E-state index >= 15 is 0 Å². The van der Waals surface area contributed by atoms with Gasteiger partial charge in [-0.25, -0.2) is 0 Å². The van der Waals surface area contributed by atoms with Crippen LogP contribution in [0.3, 0.4) is 0 Å². The molecule has 27 heavy (non-hydrogen) atoms. The van der Waals surface area contributed by atoms with Gasteiger partial charge in [0.25, 0.3) is 5.91 Å². The molecule has 0 aliphatic carbocycles. The molecule has 0 unspecified atom stereocenters. The highest BCUT2D eigenvalue weighted by atomic mass is 16.5. The summed E-state index contributed by atoms with van der Waals surface area (Å²) in [5.41, 5.74) is 0.720. The van der Waals surface area contributed by atoms with Crippen molar-refractivity contribution in [3.05, 3.63) is 54.1 Å². The number of nitrogens with zero attached hydrogens (tertiary/aromatic N) is 1. The molecular weight excluding hydrogens is 342 g/mol. The summed E-state index contributed by atoms with van der Waals surface area (Å²) in [6.45, 7) is 2.31. The largest absolute Gasteiger partial charge is 0.497 e. The molecule has 1 saturated heterocycles. The maximum atomic E-state index is 12.6. The minimum atomic E-state index is 0.102. The zero-order valence-electron chi connectivity index (χ0n) is 16.0. The lowest BCUT2D eigenvalue weighted by Crippen LogP contribution is -2.38. The van der Waals surface area contributed by atoms with Gasteiger partial charge in [-0.3, -0.25) is 4.79 Å². The molecule has 0 N–H and O–H groups in total. The second-order valence-corrected chi connectivity index (χ2v) is 6.78. The van der Waals surface area contributed by atoms with Crippen molar-refractivity contribution in [1.29, 1.82) is 0 Å². The van der Waals surface area contributed by atoms with Crippen LogP contribution < -0.4 is 14.2 Å². The second kappa shape index (κ2) is 9.31. The van der Waals surface area contributed by atoms with Gasteiger partial charge in [0.1, 0.15) is 17.2 Å². The SMILES string of the molecule is COc1ccc(OCCC2CCN(C(=O)c3ccc(OC)cc3)CC2)cc1. The summed E-state index contributed by atoms with van der Waals surface area (Å²) in [4.78, 5) is 14.6. The number of rotatable bonds is 7. The Bertz CT molecular complexity index is 719. The van der Waals surface area contributed by atoms with Crippen LogP contribution in [0, 0.1) is 5.92 Å². The standard InChI is InChI=1S/C22H27NO4/c1-25-19-5-3-18(4-6-19)22(24)23-14-11-17(12-15-23)13-16-27-21-9-7-20(26-2)8-10-21/h3-10,17H,11-16H2,1-2H3. The van der Waals surface area contributed by atoms with E-state index in [1.807, 2.05) is 53.4 Å². The van der Waals surface area contributed by atoms with Crippen LogP contribution in [-0.4, -0.2) is 44.7 Å². The molecule has 1 aliphatic heterocycles. The summed E-state index contributed by atoms with van der Waals surface area (Å²) in [6, 6.07) is 15.0. The minimum Gasteiger partial charge on any atom is -0.497 e. The second-order valence-electron chi connectivity index (χ2n) is 6.78. The quantitative estimate of drug-likeness (QED) is 0.739. The first-order valence-electron chi connectivity index (χ1n) is 9.40. The third-order valence-electron chi connectivity index (χ3n) is 5.09. The van der Waals surface area contributed by atoms with Gasteiger partial charge in [0.2, 0.25) is 0 Å². The number of benzene rings is 2. The highest BCUT2D eigenvalue weighted by Crippen LogP contribution is 2.23. The lowest BCUT2D eigenvalue weighted by molar-refractivity contribution is 0.0680. The summed E-state index contributed by atoms with van der Waals surface area (Å²) in [5.74, 6) is 3.16. The molecule has 0 atom stereocenters. The maximum absolute atomic E-state index is 12.6. The van der Waals surface area contributed by atoms with Crippen LogP contribution in [0.15, 0.2) is 48.5 Å². The van der Waals surface area contributed by atoms with Crippen molar-refractivity contribution in [2.24, 2.45) is 5.92 Å². The van der Waals surface area contributed by atoms with Crippen molar-refractivity contribution in [3.63, 3.8) is 0 Å². The van der Waals surface area contributed by atoms with E-state index in [9.17, 15) is 4.79 Å². The van der Waals surface area contributed by atoms with Crippen LogP contribution >= 0.6 is 0 Å². The Labute approximate surface area is 160 Å². The Balaban J connectivity index is 1.40. The van der Waals surface area contributed by atoms with Gasteiger partial charge in [-0.1, -0.05) is 0 Å². The van der Waals surface area contributed by atoms with Crippen molar-refractivity contribution in [1.82, 2.24) is 4.90 Å². The van der Waals surface area contributed by atoms with Gasteiger partial charge in [0.15, 0.2) is 0 Å². The molecule has 0 aromatic heterocycles. The van der Waals surface area contributed by atoms with Crippen LogP contribution in [0.25, 0.3) is 0 Å². The molecule has 0 radical (unpaired) electrons. The minimum absolute atomic E-state index is 0.102. The van der Waals surface area contributed by atoms with E-state index in [0.717, 1.165) is 55.2 Å². The third-order valence-corrected chi connectivity index (χ3v) is 5.09. The van der Waals surface area contributed by atoms with Gasteiger partial charge >= 0.3 is 0 Å². The number of likely N-dealkylation sites (tertiary alicyclic amines) is 1. The van der Waals surface area contributed by atoms with Crippen LogP contribution in [-0.2, 0) is 0 Å². The van der Waals surface area contributed by atoms with Gasteiger partial charge in [0.05, 0.1) is 20.8 Å². The number of piperidine rings is 1. The first kappa shape index (κ1) is 19.1. The van der Waals surface area contributed by atoms with Gasteiger partial charge in [-0.2, -0.15) is 0 Å². The van der Waals surface area contributed by atoms with Crippen LogP contribution in [0.5, 0.6) is 17.2 Å². The summed E-state index contributed by atoms with van der Waals surface area (Å²) < 4.78 is 16.1. The number of carbonyl (C=O) groups is 1. The predicted octanol–water partition coefficient (Wildman–Crippen LogP) is 4.03. The van der Waals surface area contributed by atoms with Crippen molar-refractivity contribution in [2.75, 3.05) is 33.9 Å². The van der Waals surface area contributed by atoms with Gasteiger partial charge in [0, 0.05) is 18.7 Å². The topological polar surface area (TPSA) is 48.0 Å². The molecule has 1 amide bonds. The fourth-order valence-corrected chi connectivity index (χ4v) is 3.36. The summed E-state index contributed by atoms with van der Waals surface area (Å²) in [6.07, 6.45) is 3.05. The molecule has 5 heteroatoms. The Morgan fingerprint density at radius 3 is 1.96 bits per heavy atom. The molecule has 1 aliphatic rings. The molecular formula is C22H27NO4. The molecule has 2 aromatic rings. The average molecular weight is 369 g/mol. The van der Waals surface area contributed by atoms with Crippen LogP contribution in [0.1, 0.15) is 29.6 Å². The molecule has 0 saturated carbocycles. The fraction of sp³-hybridized carbons (Fsp3) is 0.409. The Hall–Kier alpha value is -2.69. The lowest BCUT2D eigenvalue weighted by atomic mass is 9.93. The van der Waals surface area contributed by atoms with Crippen molar-refractivity contribution in [3.8, 4) is 17.2 Å². The normalized spacial score (nSPS) is 14.7. The van der Waals surface area contributed by atoms with Crippen LogP contribution in [0.2, 0.25) is 0 Å². The summed E-state index contributed by atoms with van der Waals surface area (Å²) in [5, 5.41) is 0. The highest BCUT2D eigenvalue weighted by Gasteiger charge is 2.23. The smallest absolute Gasteiger partial charge is 0.253 e. The maximum Gasteiger partial charge on any atom is 0.253 e. The third kappa shape index (κ3) is 5.16. The number of ether oxygens (including phenoxy) is 3. The van der Waals surface area contributed by atoms with E-state index in [0.29, 0.717) is 12.5 Å². The number of methoxy groups -OCH3 is 2. The van der Waals surface area contributed by atoms with E-state index in [2.05, 4.69) is 0 Å². The molecule has 0 spiro atoms. The summed E-state index contributed by atoms with van der Waals surface area (Å²) >= 11 is 0. The van der Waals surface area contributed by atoms with Gasteiger partial charge in [-0.05, 0) is 73.7 Å². The monoisotopic (exact) mass is 369 g/mol. The summed E-state index contributed by atoms with van der Waals surface area (Å²) in [7, 11) is 3.28. The molecule has 0 bridgehead atoms. The number of amides is 1. The Morgan fingerprint density at radius 2 is 1.41 bits per heavy atom. The van der Waals surface area contributed by atoms with Gasteiger partial charge < -0.3 is 19.1 Å². The van der Waals surface area contributed by atoms with Crippen LogP contribution in [0.4, 0.5) is 0 Å². The Kier molecular flexibility index (Phi) is 6.58. The average Bonchev–Trinajstić information content (AvgIpc) is 2.74. The van der Waals surface area contributed by atoms with E-state index in [-0.39, 0.29) is 5.91 Å². The number of hydrogen-bond donors (Lipinski definition) is 0. The van der Waals surface area contributed by atoms with E-state index < -0.39 is 0 Å². The lowest BCUT2D eigenvalue weighted by Gasteiger charge is -2.32. The van der Waals surface area contributed by atoms with E-state index in [1.165, 1.54) is 0 Å². The van der Waals surface area contributed by atoms with Crippen molar-refractivity contribution < 1.29 is 19.0 Å². The number of carbonyl (C=O) groups excluding carboxylic acids is 1. The van der Waals surface area contributed by atoms with E-state index in [4.69, 9.17) is 14.2 Å². The van der Waals surface area contributed by atoms with Crippen molar-refractivity contribution >= 4 is 5.91 Å². The first-order chi connectivity index (χ1) is 13.2. The first-order valence-corrected chi connectivity index (χ1v) is 9.40. The van der Waals surface area contributed by atoms with Crippen molar-refractivity contribution in [2.45, 2.75) is 19.3 Å². The molecule has 5 nitrogen and oxygen atoms in total. The molecule has 3 rings (SSSR count). The number of hydrogen-bond acceptors (Lipinski definition) is 4. The molecule has 1 fully saturated rings. The zero-order valence-corrected chi connectivity index (χ0v) is 16.0. The van der Waals surface area contributed by atoms with E-state index in [1.54, 1.807) is 14.2 Å².